The highest BCUT2D eigenvalue weighted by molar-refractivity contribution is 7.91. The van der Waals surface area contributed by atoms with Crippen molar-refractivity contribution in [3.63, 3.8) is 0 Å². The number of sulfone groups is 1. The van der Waals surface area contributed by atoms with Crippen LogP contribution < -0.4 is 15.8 Å². The maximum Gasteiger partial charge on any atom is 0.152 e. The van der Waals surface area contributed by atoms with E-state index < -0.39 is 33.7 Å². The molecule has 4 N–H and O–H groups in total. The lowest BCUT2D eigenvalue weighted by Gasteiger charge is -2.37. The third kappa shape index (κ3) is 6.29. The van der Waals surface area contributed by atoms with Gasteiger partial charge in [-0.25, -0.2) is 12.8 Å². The summed E-state index contributed by atoms with van der Waals surface area (Å²) < 4.78 is 45.2. The molecule has 1 aliphatic heterocycles. The number of ether oxygens (including phenoxy) is 1. The van der Waals surface area contributed by atoms with Crippen LogP contribution in [0, 0.1) is 11.7 Å². The molecule has 188 valence electrons. The number of halogens is 1. The van der Waals surface area contributed by atoms with E-state index in [1.54, 1.807) is 13.0 Å². The van der Waals surface area contributed by atoms with Gasteiger partial charge in [0.2, 0.25) is 0 Å². The first-order chi connectivity index (χ1) is 15.8. The maximum atomic E-state index is 14.3. The Kier molecular flexibility index (Phi) is 7.95. The molecule has 2 aromatic carbocycles. The molecule has 0 aromatic heterocycles. The van der Waals surface area contributed by atoms with Gasteiger partial charge in [0.25, 0.3) is 0 Å². The van der Waals surface area contributed by atoms with E-state index in [9.17, 15) is 17.9 Å². The summed E-state index contributed by atoms with van der Waals surface area (Å²) in [5.74, 6) is -1.27. The Bertz CT molecular complexity index is 1110. The van der Waals surface area contributed by atoms with Gasteiger partial charge in [0.1, 0.15) is 17.3 Å². The zero-order valence-corrected chi connectivity index (χ0v) is 21.5. The molecule has 3 rings (SSSR count). The second-order valence-corrected chi connectivity index (χ2v) is 12.5. The fraction of sp³-hybridized carbons (Fsp3) is 0.538. The summed E-state index contributed by atoms with van der Waals surface area (Å²) >= 11 is 0. The Hall–Kier alpha value is -2.16. The monoisotopic (exact) mass is 492 g/mol. The zero-order valence-electron chi connectivity index (χ0n) is 20.6. The van der Waals surface area contributed by atoms with E-state index in [2.05, 4.69) is 38.2 Å². The quantitative estimate of drug-likeness (QED) is 0.509. The summed E-state index contributed by atoms with van der Waals surface area (Å²) in [5.41, 5.74) is 8.42. The van der Waals surface area contributed by atoms with Crippen molar-refractivity contribution >= 4 is 15.5 Å². The number of rotatable bonds is 7. The molecule has 1 aliphatic rings. The van der Waals surface area contributed by atoms with Crippen LogP contribution in [0.2, 0.25) is 0 Å². The molecule has 1 saturated heterocycles. The number of nitrogens with two attached hydrogens (primary N) is 1. The van der Waals surface area contributed by atoms with Crippen LogP contribution in [0.1, 0.15) is 57.4 Å². The van der Waals surface area contributed by atoms with Gasteiger partial charge in [-0.3, -0.25) is 0 Å². The van der Waals surface area contributed by atoms with E-state index in [-0.39, 0.29) is 40.8 Å². The summed E-state index contributed by atoms with van der Waals surface area (Å²) in [7, 11) is -3.40. The number of aliphatic hydroxyl groups excluding tert-OH is 1. The van der Waals surface area contributed by atoms with Crippen molar-refractivity contribution in [2.75, 3.05) is 23.8 Å². The van der Waals surface area contributed by atoms with Gasteiger partial charge in [-0.1, -0.05) is 45.0 Å². The van der Waals surface area contributed by atoms with Gasteiger partial charge in [-0.05, 0) is 54.5 Å². The lowest BCUT2D eigenvalue weighted by molar-refractivity contribution is 0.0747. The summed E-state index contributed by atoms with van der Waals surface area (Å²) in [4.78, 5) is 0. The molecule has 0 amide bonds. The molecule has 2 aromatic rings. The van der Waals surface area contributed by atoms with Crippen LogP contribution >= 0.6 is 0 Å². The summed E-state index contributed by atoms with van der Waals surface area (Å²) in [6, 6.07) is 10.3. The van der Waals surface area contributed by atoms with Crippen molar-refractivity contribution in [3.05, 3.63) is 58.9 Å². The Morgan fingerprint density at radius 3 is 2.59 bits per heavy atom. The first-order valence-corrected chi connectivity index (χ1v) is 13.6. The van der Waals surface area contributed by atoms with Gasteiger partial charge in [0.05, 0.1) is 24.2 Å². The third-order valence-corrected chi connectivity index (χ3v) is 8.27. The SMILES string of the molecule is CCOc1cc(C[C@H]2CS(=O)(=O)C[C@@H](N[C@@H](C)c3cccc(C(C)(C)C)c3)[C@H]2O)cc(F)c1N. The molecule has 1 heterocycles. The van der Waals surface area contributed by atoms with Gasteiger partial charge in [0, 0.05) is 18.0 Å². The van der Waals surface area contributed by atoms with Crippen LogP contribution in [0.5, 0.6) is 5.75 Å². The van der Waals surface area contributed by atoms with Crippen LogP contribution in [0.25, 0.3) is 0 Å². The molecule has 1 fully saturated rings. The smallest absolute Gasteiger partial charge is 0.152 e. The molecular formula is C26H37FN2O4S. The number of hydrogen-bond acceptors (Lipinski definition) is 6. The fourth-order valence-electron chi connectivity index (χ4n) is 4.55. The van der Waals surface area contributed by atoms with Gasteiger partial charge in [-0.15, -0.1) is 0 Å². The third-order valence-electron chi connectivity index (χ3n) is 6.46. The summed E-state index contributed by atoms with van der Waals surface area (Å²) in [6.45, 7) is 10.5. The molecule has 34 heavy (non-hydrogen) atoms. The standard InChI is InChI=1S/C26H37FN2O4S/c1-6-33-23-12-17(11-21(27)24(23)28)10-19-14-34(31,32)15-22(25(19)30)29-16(2)18-8-7-9-20(13-18)26(3,4)5/h7-9,11-13,16,19,22,25,29-30H,6,10,14-15,28H2,1-5H3/t16-,19-,22+,25-/m0/s1. The molecule has 6 nitrogen and oxygen atoms in total. The topological polar surface area (TPSA) is 102 Å². The summed E-state index contributed by atoms with van der Waals surface area (Å²) in [5, 5.41) is 14.5. The molecule has 4 atom stereocenters. The van der Waals surface area contributed by atoms with Crippen molar-refractivity contribution in [3.8, 4) is 5.75 Å². The number of hydrogen-bond donors (Lipinski definition) is 3. The van der Waals surface area contributed by atoms with Crippen LogP contribution in [0.3, 0.4) is 0 Å². The molecule has 0 saturated carbocycles. The number of aliphatic hydroxyl groups is 1. The van der Waals surface area contributed by atoms with Crippen LogP contribution in [-0.2, 0) is 21.7 Å². The van der Waals surface area contributed by atoms with Gasteiger partial charge < -0.3 is 20.9 Å². The van der Waals surface area contributed by atoms with Gasteiger partial charge in [0.15, 0.2) is 9.84 Å². The Morgan fingerprint density at radius 2 is 1.94 bits per heavy atom. The molecule has 0 aliphatic carbocycles. The van der Waals surface area contributed by atoms with Crippen LogP contribution in [-0.4, -0.2) is 43.8 Å². The van der Waals surface area contributed by atoms with Gasteiger partial charge in [-0.2, -0.15) is 0 Å². The highest BCUT2D eigenvalue weighted by Gasteiger charge is 2.40. The van der Waals surface area contributed by atoms with Crippen molar-refractivity contribution in [2.24, 2.45) is 5.92 Å². The second kappa shape index (κ2) is 10.2. The minimum Gasteiger partial charge on any atom is -0.492 e. The normalized spacial score (nSPS) is 23.4. The van der Waals surface area contributed by atoms with Crippen LogP contribution in [0.15, 0.2) is 36.4 Å². The average Bonchev–Trinajstić information content (AvgIpc) is 2.74. The van der Waals surface area contributed by atoms with E-state index in [0.29, 0.717) is 12.2 Å². The highest BCUT2D eigenvalue weighted by Crippen LogP contribution is 2.31. The average molecular weight is 493 g/mol. The Balaban J connectivity index is 1.81. The van der Waals surface area contributed by atoms with E-state index in [4.69, 9.17) is 10.5 Å². The predicted octanol–water partition coefficient (Wildman–Crippen LogP) is 3.77. The number of nitrogen functional groups attached to an aromatic ring is 1. The lowest BCUT2D eigenvalue weighted by atomic mass is 9.85. The zero-order chi connectivity index (χ0) is 25.3. The fourth-order valence-corrected chi connectivity index (χ4v) is 6.50. The van der Waals surface area contributed by atoms with Crippen molar-refractivity contribution in [2.45, 2.75) is 64.6 Å². The maximum absolute atomic E-state index is 14.3. The van der Waals surface area contributed by atoms with E-state index in [1.165, 1.54) is 11.6 Å². The van der Waals surface area contributed by atoms with E-state index in [0.717, 1.165) is 5.56 Å². The highest BCUT2D eigenvalue weighted by atomic mass is 32.2. The molecule has 0 spiro atoms. The molecule has 0 radical (unpaired) electrons. The van der Waals surface area contributed by atoms with Crippen molar-refractivity contribution in [1.82, 2.24) is 5.32 Å². The largest absolute Gasteiger partial charge is 0.492 e. The van der Waals surface area contributed by atoms with Crippen molar-refractivity contribution in [1.29, 1.82) is 0 Å². The molecule has 0 bridgehead atoms. The first-order valence-electron chi connectivity index (χ1n) is 11.8. The Labute approximate surface area is 202 Å². The van der Waals surface area contributed by atoms with E-state index >= 15 is 0 Å². The van der Waals surface area contributed by atoms with E-state index in [1.807, 2.05) is 19.1 Å². The number of anilines is 1. The first kappa shape index (κ1) is 26.4. The Morgan fingerprint density at radius 1 is 1.24 bits per heavy atom. The minimum absolute atomic E-state index is 0.0107. The molecular weight excluding hydrogens is 455 g/mol. The van der Waals surface area contributed by atoms with Crippen LogP contribution in [0.4, 0.5) is 10.1 Å². The second-order valence-electron chi connectivity index (χ2n) is 10.3. The molecule has 0 unspecified atom stereocenters. The predicted molar refractivity (Wildman–Crippen MR) is 134 cm³/mol. The summed E-state index contributed by atoms with van der Waals surface area (Å²) in [6.07, 6.45) is -0.711. The number of nitrogens with one attached hydrogen (secondary N) is 1. The lowest BCUT2D eigenvalue weighted by Crippen LogP contribution is -2.55. The minimum atomic E-state index is -3.40. The van der Waals surface area contributed by atoms with Gasteiger partial charge >= 0.3 is 0 Å². The number of benzene rings is 2. The molecule has 8 heteroatoms. The van der Waals surface area contributed by atoms with Crippen molar-refractivity contribution < 1.29 is 22.7 Å².